The minimum Gasteiger partial charge on any atom is -0.147 e. The van der Waals surface area contributed by atoms with E-state index in [2.05, 4.69) is 68.5 Å². The van der Waals surface area contributed by atoms with Crippen LogP contribution < -0.4 is 0 Å². The number of halogens is 2. The third-order valence-corrected chi connectivity index (χ3v) is 18.9. The van der Waals surface area contributed by atoms with E-state index in [0.29, 0.717) is 0 Å². The normalized spacial score (nSPS) is 19.5. The zero-order valence-electron chi connectivity index (χ0n) is 14.7. The van der Waals surface area contributed by atoms with E-state index in [1.807, 2.05) is 3.28 Å². The Morgan fingerprint density at radius 2 is 1.32 bits per heavy atom. The van der Waals surface area contributed by atoms with Gasteiger partial charge in [-0.2, -0.15) is 0 Å². The van der Waals surface area contributed by atoms with Gasteiger partial charge in [-0.15, -0.1) is 24.8 Å². The molecule has 1 saturated heterocycles. The largest absolute Gasteiger partial charge is 0.147 e. The van der Waals surface area contributed by atoms with E-state index >= 15 is 0 Å². The summed E-state index contributed by atoms with van der Waals surface area (Å²) in [5.74, 6) is 0. The van der Waals surface area contributed by atoms with Gasteiger partial charge in [0, 0.05) is 0 Å². The van der Waals surface area contributed by atoms with E-state index in [1.54, 1.807) is 30.5 Å². The molecule has 3 aliphatic rings. The third-order valence-electron chi connectivity index (χ3n) is 6.43. The smallest absolute Gasteiger partial charge is 0.147 e. The van der Waals surface area contributed by atoms with Crippen molar-refractivity contribution in [2.45, 2.75) is 32.2 Å². The molecular formula is C22H24Cl2Zr. The fraction of sp³-hybridized carbons (Fsp3) is 0.273. The van der Waals surface area contributed by atoms with Gasteiger partial charge in [-0.05, 0) is 0 Å². The van der Waals surface area contributed by atoms with Crippen LogP contribution in [0.4, 0.5) is 0 Å². The number of benzene rings is 2. The summed E-state index contributed by atoms with van der Waals surface area (Å²) in [6, 6.07) is 18.4. The van der Waals surface area contributed by atoms with Crippen molar-refractivity contribution < 1.29 is 20.3 Å². The summed E-state index contributed by atoms with van der Waals surface area (Å²) in [5, 5.41) is 0. The molecular weight excluding hydrogens is 426 g/mol. The Balaban J connectivity index is 0.000000911. The maximum absolute atomic E-state index is 2.48. The average molecular weight is 451 g/mol. The summed E-state index contributed by atoms with van der Waals surface area (Å²) < 4.78 is 5.79. The first-order valence-electron chi connectivity index (χ1n) is 8.78. The summed E-state index contributed by atoms with van der Waals surface area (Å²) in [6.45, 7) is 4.69. The predicted octanol–water partition coefficient (Wildman–Crippen LogP) is 7.23. The second-order valence-electron chi connectivity index (χ2n) is 7.46. The molecule has 0 atom stereocenters. The summed E-state index contributed by atoms with van der Waals surface area (Å²) in [7, 11) is 0. The summed E-state index contributed by atoms with van der Waals surface area (Å²) in [6.07, 6.45) is 3.74. The maximum atomic E-state index is 2.48. The van der Waals surface area contributed by atoms with Crippen LogP contribution in [0.1, 0.15) is 35.0 Å². The van der Waals surface area contributed by atoms with Gasteiger partial charge in [0.2, 0.25) is 0 Å². The van der Waals surface area contributed by atoms with Gasteiger partial charge >= 0.3 is 144 Å². The molecule has 0 radical (unpaired) electrons. The minimum absolute atomic E-state index is 0. The summed E-state index contributed by atoms with van der Waals surface area (Å²) in [5.41, 5.74) is 9.51. The number of allylic oxidation sites excluding steroid dienone is 4. The zero-order valence-corrected chi connectivity index (χ0v) is 18.8. The predicted molar refractivity (Wildman–Crippen MR) is 109 cm³/mol. The van der Waals surface area contributed by atoms with Gasteiger partial charge in [0.1, 0.15) is 0 Å². The van der Waals surface area contributed by atoms with Gasteiger partial charge in [-0.3, -0.25) is 0 Å². The molecule has 0 saturated carbocycles. The fourth-order valence-corrected chi connectivity index (χ4v) is 21.1. The molecule has 0 N–H and O–H groups in total. The topological polar surface area (TPSA) is 0 Å². The van der Waals surface area contributed by atoms with Crippen molar-refractivity contribution in [3.63, 3.8) is 0 Å². The molecule has 1 aliphatic heterocycles. The molecule has 130 valence electrons. The molecule has 1 fully saturated rings. The number of fused-ring (bicyclic) bond motifs is 3. The molecule has 2 aromatic carbocycles. The van der Waals surface area contributed by atoms with Crippen LogP contribution in [0.25, 0.3) is 11.1 Å². The quantitative estimate of drug-likeness (QED) is 0.453. The molecule has 3 heteroatoms. The van der Waals surface area contributed by atoms with E-state index in [-0.39, 0.29) is 24.8 Å². The fourth-order valence-electron chi connectivity index (χ4n) is 5.03. The van der Waals surface area contributed by atoms with Crippen molar-refractivity contribution in [3.05, 3.63) is 80.2 Å². The van der Waals surface area contributed by atoms with Crippen molar-refractivity contribution >= 4 is 24.8 Å². The Bertz CT molecular complexity index is 845. The Morgan fingerprint density at radius 3 is 1.76 bits per heavy atom. The Kier molecular flexibility index (Phi) is 5.24. The second kappa shape index (κ2) is 6.84. The molecule has 0 nitrogen and oxygen atoms in total. The first-order valence-corrected chi connectivity index (χ1v) is 14.9. The van der Waals surface area contributed by atoms with E-state index < -0.39 is 20.3 Å². The molecule has 2 aromatic rings. The SMILES string of the molecule is CC1=CC[C]([Zr]2([CH]3c4ccccc4-c4ccccc43)[CH2][CH2]2)=C1C.Cl.Cl. The number of hydrogen-bond donors (Lipinski definition) is 0. The van der Waals surface area contributed by atoms with Crippen LogP contribution in [-0.2, 0) is 20.3 Å². The van der Waals surface area contributed by atoms with Crippen LogP contribution in [-0.4, -0.2) is 0 Å². The Labute approximate surface area is 167 Å². The van der Waals surface area contributed by atoms with Crippen LogP contribution in [0.2, 0.25) is 8.26 Å². The van der Waals surface area contributed by atoms with Gasteiger partial charge in [-0.1, -0.05) is 0 Å². The molecule has 25 heavy (non-hydrogen) atoms. The molecule has 5 rings (SSSR count). The maximum Gasteiger partial charge on any atom is -0.147 e. The van der Waals surface area contributed by atoms with Gasteiger partial charge in [0.25, 0.3) is 0 Å². The van der Waals surface area contributed by atoms with Gasteiger partial charge < -0.3 is 0 Å². The van der Waals surface area contributed by atoms with Crippen molar-refractivity contribution in [2.24, 2.45) is 0 Å². The van der Waals surface area contributed by atoms with Crippen LogP contribution >= 0.6 is 24.8 Å². The van der Waals surface area contributed by atoms with E-state index in [0.717, 1.165) is 3.63 Å². The van der Waals surface area contributed by atoms with Gasteiger partial charge in [0.15, 0.2) is 0 Å². The standard InChI is InChI=1S/C13H9.C7H9.C2H4.2ClH.Zr/c1-3-7-12-10(5-1)9-11-6-2-4-8-13(11)12;1-6-4-3-5-7(6)2;1-2;;;/h1-9H;4H,3H2,1-2H3;1-2H2;2*1H;. The minimum atomic E-state index is -2.26. The molecule has 0 unspecified atom stereocenters. The summed E-state index contributed by atoms with van der Waals surface area (Å²) in [4.78, 5) is 0. The van der Waals surface area contributed by atoms with Crippen LogP contribution in [0, 0.1) is 0 Å². The van der Waals surface area contributed by atoms with E-state index in [4.69, 9.17) is 0 Å². The third kappa shape index (κ3) is 2.66. The molecule has 0 aromatic heterocycles. The molecule has 0 amide bonds. The zero-order chi connectivity index (χ0) is 15.6. The van der Waals surface area contributed by atoms with Gasteiger partial charge in [-0.25, -0.2) is 0 Å². The van der Waals surface area contributed by atoms with E-state index in [9.17, 15) is 0 Å². The molecule has 1 heterocycles. The van der Waals surface area contributed by atoms with Crippen molar-refractivity contribution in [3.8, 4) is 11.1 Å². The number of rotatable bonds is 2. The van der Waals surface area contributed by atoms with Crippen molar-refractivity contribution in [2.75, 3.05) is 0 Å². The monoisotopic (exact) mass is 448 g/mol. The molecule has 0 bridgehead atoms. The second-order valence-corrected chi connectivity index (χ2v) is 18.5. The first kappa shape index (κ1) is 19.2. The van der Waals surface area contributed by atoms with Crippen molar-refractivity contribution in [1.29, 1.82) is 0 Å². The Morgan fingerprint density at radius 1 is 0.800 bits per heavy atom. The molecule has 2 aliphatic carbocycles. The number of hydrogen-bond acceptors (Lipinski definition) is 0. The van der Waals surface area contributed by atoms with Crippen LogP contribution in [0.15, 0.2) is 69.0 Å². The van der Waals surface area contributed by atoms with Gasteiger partial charge in [0.05, 0.1) is 0 Å². The van der Waals surface area contributed by atoms with E-state index in [1.165, 1.54) is 17.5 Å². The van der Waals surface area contributed by atoms with Crippen LogP contribution in [0.5, 0.6) is 0 Å². The van der Waals surface area contributed by atoms with Crippen LogP contribution in [0.3, 0.4) is 0 Å². The summed E-state index contributed by atoms with van der Waals surface area (Å²) >= 11 is -2.26. The molecule has 0 spiro atoms. The average Bonchev–Trinajstić information content (AvgIpc) is 3.19. The Hall–Kier alpha value is -0.617. The first-order chi connectivity index (χ1) is 11.2. The van der Waals surface area contributed by atoms with Crippen molar-refractivity contribution in [1.82, 2.24) is 0 Å².